The summed E-state index contributed by atoms with van der Waals surface area (Å²) < 4.78 is 16.9. The molecule has 0 fully saturated rings. The summed E-state index contributed by atoms with van der Waals surface area (Å²) in [6, 6.07) is 7.64. The van der Waals surface area contributed by atoms with Crippen molar-refractivity contribution < 1.29 is 13.5 Å². The first kappa shape index (κ1) is 15.4. The first-order chi connectivity index (χ1) is 9.94. The van der Waals surface area contributed by atoms with Crippen molar-refractivity contribution in [1.82, 2.24) is 5.16 Å². The van der Waals surface area contributed by atoms with Gasteiger partial charge in [0.05, 0.1) is 0 Å². The molecule has 0 aliphatic carbocycles. The molecule has 2 rings (SSSR count). The van der Waals surface area contributed by atoms with Gasteiger partial charge in [0.1, 0.15) is 11.5 Å². The predicted molar refractivity (Wildman–Crippen MR) is 82.5 cm³/mol. The summed E-state index contributed by atoms with van der Waals surface area (Å²) in [6.45, 7) is 5.71. The normalized spacial score (nSPS) is 12.1. The predicted octanol–water partition coefficient (Wildman–Crippen LogP) is 2.49. The van der Waals surface area contributed by atoms with Gasteiger partial charge in [-0.05, 0) is 31.9 Å². The van der Waals surface area contributed by atoms with Crippen LogP contribution in [0.2, 0.25) is 0 Å². The van der Waals surface area contributed by atoms with Gasteiger partial charge in [-0.3, -0.25) is 9.00 Å². The van der Waals surface area contributed by atoms with E-state index in [9.17, 15) is 9.00 Å². The lowest BCUT2D eigenvalue weighted by molar-refractivity contribution is -0.113. The van der Waals surface area contributed by atoms with Crippen molar-refractivity contribution in [3.05, 3.63) is 46.7 Å². The average Bonchev–Trinajstić information content (AvgIpc) is 2.79. The van der Waals surface area contributed by atoms with Crippen LogP contribution in [0.3, 0.4) is 0 Å². The fraction of sp³-hybridized carbons (Fsp3) is 0.333. The summed E-state index contributed by atoms with van der Waals surface area (Å²) in [5.74, 6) is 0.952. The number of nitrogens with one attached hydrogen (secondary N) is 1. The van der Waals surface area contributed by atoms with E-state index in [1.165, 1.54) is 0 Å². The van der Waals surface area contributed by atoms with Gasteiger partial charge in [-0.25, -0.2) is 0 Å². The van der Waals surface area contributed by atoms with Crippen LogP contribution in [-0.4, -0.2) is 21.0 Å². The summed E-state index contributed by atoms with van der Waals surface area (Å²) in [4.78, 5) is 11.8. The molecule has 1 aromatic carbocycles. The second-order valence-electron chi connectivity index (χ2n) is 5.03. The quantitative estimate of drug-likeness (QED) is 0.921. The van der Waals surface area contributed by atoms with E-state index in [1.807, 2.05) is 32.0 Å². The maximum absolute atomic E-state index is 12.1. The highest BCUT2D eigenvalue weighted by molar-refractivity contribution is 7.84. The van der Waals surface area contributed by atoms with Crippen LogP contribution in [0, 0.1) is 20.8 Å². The summed E-state index contributed by atoms with van der Waals surface area (Å²) >= 11 is 0. The van der Waals surface area contributed by atoms with Gasteiger partial charge < -0.3 is 9.84 Å². The molecule has 2 aromatic rings. The van der Waals surface area contributed by atoms with Crippen LogP contribution in [0.5, 0.6) is 0 Å². The van der Waals surface area contributed by atoms with Crippen molar-refractivity contribution in [2.45, 2.75) is 26.5 Å². The molecule has 1 amide bonds. The Kier molecular flexibility index (Phi) is 4.90. The molecular formula is C15H18N2O3S. The van der Waals surface area contributed by atoms with Gasteiger partial charge in [-0.1, -0.05) is 28.9 Å². The number of anilines is 1. The van der Waals surface area contributed by atoms with Gasteiger partial charge in [0.2, 0.25) is 5.91 Å². The van der Waals surface area contributed by atoms with Crippen LogP contribution in [0.1, 0.15) is 22.5 Å². The van der Waals surface area contributed by atoms with Crippen LogP contribution in [0.15, 0.2) is 28.8 Å². The highest BCUT2D eigenvalue weighted by Gasteiger charge is 2.12. The first-order valence-corrected chi connectivity index (χ1v) is 8.07. The fourth-order valence-corrected chi connectivity index (χ4v) is 3.06. The summed E-state index contributed by atoms with van der Waals surface area (Å²) in [5.41, 5.74) is 3.22. The van der Waals surface area contributed by atoms with Crippen molar-refractivity contribution in [1.29, 1.82) is 0 Å². The van der Waals surface area contributed by atoms with E-state index < -0.39 is 10.8 Å². The van der Waals surface area contributed by atoms with E-state index in [4.69, 9.17) is 4.52 Å². The Balaban J connectivity index is 1.92. The highest BCUT2D eigenvalue weighted by atomic mass is 32.2. The third-order valence-corrected chi connectivity index (χ3v) is 4.23. The third-order valence-electron chi connectivity index (χ3n) is 3.01. The van der Waals surface area contributed by atoms with Gasteiger partial charge in [0, 0.05) is 22.6 Å². The maximum atomic E-state index is 12.1. The van der Waals surface area contributed by atoms with Crippen LogP contribution in [0.25, 0.3) is 0 Å². The minimum Gasteiger partial charge on any atom is -0.360 e. The number of carbonyl (C=O) groups excluding carboxylic acids is 1. The molecule has 0 aliphatic rings. The number of benzene rings is 1. The minimum atomic E-state index is -1.26. The maximum Gasteiger partial charge on any atom is 0.238 e. The minimum absolute atomic E-state index is 0.0563. The Morgan fingerprint density at radius 3 is 2.71 bits per heavy atom. The molecule has 0 radical (unpaired) electrons. The molecule has 1 atom stereocenters. The SMILES string of the molecule is Cc1ccc(C)c(CS(=O)CC(=O)Nc2cc(C)on2)c1. The topological polar surface area (TPSA) is 72.2 Å². The Hall–Kier alpha value is -1.95. The smallest absolute Gasteiger partial charge is 0.238 e. The van der Waals surface area contributed by atoms with Crippen LogP contribution >= 0.6 is 0 Å². The number of amides is 1. The molecule has 0 bridgehead atoms. The number of carbonyl (C=O) groups is 1. The average molecular weight is 306 g/mol. The lowest BCUT2D eigenvalue weighted by Crippen LogP contribution is -2.20. The Labute approximate surface area is 126 Å². The summed E-state index contributed by atoms with van der Waals surface area (Å²) in [7, 11) is -1.26. The molecule has 112 valence electrons. The monoisotopic (exact) mass is 306 g/mol. The van der Waals surface area contributed by atoms with E-state index in [2.05, 4.69) is 10.5 Å². The van der Waals surface area contributed by atoms with Gasteiger partial charge in [0.15, 0.2) is 5.82 Å². The number of nitrogens with zero attached hydrogens (tertiary/aromatic N) is 1. The van der Waals surface area contributed by atoms with Gasteiger partial charge in [0.25, 0.3) is 0 Å². The Bertz CT molecular complexity index is 679. The Morgan fingerprint density at radius 2 is 2.05 bits per heavy atom. The number of rotatable bonds is 5. The van der Waals surface area contributed by atoms with E-state index in [1.54, 1.807) is 13.0 Å². The van der Waals surface area contributed by atoms with Gasteiger partial charge in [-0.15, -0.1) is 0 Å². The first-order valence-electron chi connectivity index (χ1n) is 6.58. The molecule has 0 saturated carbocycles. The number of hydrogen-bond acceptors (Lipinski definition) is 4. The van der Waals surface area contributed by atoms with Crippen molar-refractivity contribution >= 4 is 22.5 Å². The number of aromatic nitrogens is 1. The van der Waals surface area contributed by atoms with Crippen molar-refractivity contribution in [2.24, 2.45) is 0 Å². The molecule has 0 spiro atoms. The molecule has 5 nitrogen and oxygen atoms in total. The molecular weight excluding hydrogens is 288 g/mol. The zero-order valence-corrected chi connectivity index (χ0v) is 13.1. The van der Waals surface area contributed by atoms with Crippen molar-refractivity contribution in [3.8, 4) is 0 Å². The molecule has 1 unspecified atom stereocenters. The largest absolute Gasteiger partial charge is 0.360 e. The number of aryl methyl sites for hydroxylation is 3. The van der Waals surface area contributed by atoms with E-state index in [-0.39, 0.29) is 11.7 Å². The second kappa shape index (κ2) is 6.67. The van der Waals surface area contributed by atoms with Gasteiger partial charge >= 0.3 is 0 Å². The molecule has 6 heteroatoms. The van der Waals surface area contributed by atoms with Gasteiger partial charge in [-0.2, -0.15) is 0 Å². The molecule has 0 aliphatic heterocycles. The van der Waals surface area contributed by atoms with E-state index in [0.29, 0.717) is 17.3 Å². The zero-order valence-electron chi connectivity index (χ0n) is 12.3. The molecule has 1 heterocycles. The third kappa shape index (κ3) is 4.53. The lowest BCUT2D eigenvalue weighted by atomic mass is 10.1. The second-order valence-corrected chi connectivity index (χ2v) is 6.49. The fourth-order valence-electron chi connectivity index (χ4n) is 1.93. The van der Waals surface area contributed by atoms with Crippen LogP contribution < -0.4 is 5.32 Å². The van der Waals surface area contributed by atoms with Crippen LogP contribution in [-0.2, 0) is 21.3 Å². The molecule has 1 aromatic heterocycles. The molecule has 21 heavy (non-hydrogen) atoms. The van der Waals surface area contributed by atoms with E-state index >= 15 is 0 Å². The van der Waals surface area contributed by atoms with Crippen molar-refractivity contribution in [3.63, 3.8) is 0 Å². The zero-order chi connectivity index (χ0) is 15.4. The molecule has 1 N–H and O–H groups in total. The van der Waals surface area contributed by atoms with E-state index in [0.717, 1.165) is 16.7 Å². The summed E-state index contributed by atoms with van der Waals surface area (Å²) in [6.07, 6.45) is 0. The highest BCUT2D eigenvalue weighted by Crippen LogP contribution is 2.13. The summed E-state index contributed by atoms with van der Waals surface area (Å²) in [5, 5.41) is 6.24. The number of hydrogen-bond donors (Lipinski definition) is 1. The molecule has 0 saturated heterocycles. The standard InChI is InChI=1S/C15H18N2O3S/c1-10-4-5-11(2)13(6-10)8-21(19)9-15(18)16-14-7-12(3)20-17-14/h4-7H,8-9H2,1-3H3,(H,16,17,18). The lowest BCUT2D eigenvalue weighted by Gasteiger charge is -2.07. The van der Waals surface area contributed by atoms with Crippen LogP contribution in [0.4, 0.5) is 5.82 Å². The van der Waals surface area contributed by atoms with Crippen molar-refractivity contribution in [2.75, 3.05) is 11.1 Å². The Morgan fingerprint density at radius 1 is 1.29 bits per heavy atom.